The van der Waals surface area contributed by atoms with Crippen LogP contribution in [0.15, 0.2) is 0 Å². The summed E-state index contributed by atoms with van der Waals surface area (Å²) in [5.74, 6) is -0.646. The van der Waals surface area contributed by atoms with Crippen molar-refractivity contribution in [1.82, 2.24) is 4.90 Å². The number of hydrogen-bond acceptors (Lipinski definition) is 2. The van der Waals surface area contributed by atoms with E-state index in [1.165, 1.54) is 6.92 Å². The molecule has 2 aliphatic heterocycles. The number of amides is 1. The van der Waals surface area contributed by atoms with Gasteiger partial charge in [0.25, 0.3) is 0 Å². The van der Waals surface area contributed by atoms with Crippen LogP contribution in [0.4, 0.5) is 0 Å². The summed E-state index contributed by atoms with van der Waals surface area (Å²) in [6.45, 7) is 2.30. The summed E-state index contributed by atoms with van der Waals surface area (Å²) in [6, 6.07) is -0.0463. The highest BCUT2D eigenvalue weighted by Gasteiger charge is 2.44. The number of aliphatic carboxylic acids is 1. The lowest BCUT2D eigenvalue weighted by atomic mass is 9.73. The van der Waals surface area contributed by atoms with Crippen LogP contribution in [0, 0.1) is 11.8 Å². The van der Waals surface area contributed by atoms with Gasteiger partial charge in [-0.3, -0.25) is 9.59 Å². The maximum absolute atomic E-state index is 11.3. The summed E-state index contributed by atoms with van der Waals surface area (Å²) in [4.78, 5) is 24.0. The number of nitrogens with zero attached hydrogens (tertiary/aromatic N) is 1. The molecule has 1 amide bonds. The molecule has 3 rings (SSSR count). The second-order valence-electron chi connectivity index (χ2n) is 4.36. The lowest BCUT2D eigenvalue weighted by Crippen LogP contribution is -2.56. The topological polar surface area (TPSA) is 57.6 Å². The monoisotopic (exact) mass is 197 g/mol. The molecule has 4 nitrogen and oxygen atoms in total. The van der Waals surface area contributed by atoms with E-state index < -0.39 is 5.97 Å². The minimum atomic E-state index is -0.745. The predicted molar refractivity (Wildman–Crippen MR) is 49.6 cm³/mol. The number of carbonyl (C=O) groups excluding carboxylic acids is 1. The van der Waals surface area contributed by atoms with Crippen molar-refractivity contribution in [1.29, 1.82) is 0 Å². The van der Waals surface area contributed by atoms with E-state index in [0.717, 1.165) is 25.8 Å². The Balaban J connectivity index is 2.19. The summed E-state index contributed by atoms with van der Waals surface area (Å²) in [5.41, 5.74) is 0. The quantitative estimate of drug-likeness (QED) is 0.673. The second kappa shape index (κ2) is 3.26. The average molecular weight is 197 g/mol. The standard InChI is InChI=1S/C10H15NO3/c1-6(12)11-5-7-2-3-9(11)8(4-7)10(13)14/h7-9H,2-5H2,1H3,(H,13,14)/t7-,8-,9+/m0/s1. The average Bonchev–Trinajstić information content (AvgIpc) is 2.18. The summed E-state index contributed by atoms with van der Waals surface area (Å²) < 4.78 is 0. The number of fused-ring (bicyclic) bond motifs is 3. The first kappa shape index (κ1) is 9.49. The van der Waals surface area contributed by atoms with Gasteiger partial charge in [0.1, 0.15) is 0 Å². The Morgan fingerprint density at radius 3 is 2.57 bits per heavy atom. The minimum Gasteiger partial charge on any atom is -0.481 e. The lowest BCUT2D eigenvalue weighted by molar-refractivity contribution is -0.154. The molecule has 0 aromatic carbocycles. The molecule has 0 radical (unpaired) electrons. The van der Waals surface area contributed by atoms with Gasteiger partial charge in [-0.15, -0.1) is 0 Å². The van der Waals surface area contributed by atoms with Crippen molar-refractivity contribution in [2.75, 3.05) is 6.54 Å². The van der Waals surface area contributed by atoms with Gasteiger partial charge in [0.05, 0.1) is 5.92 Å². The molecule has 4 heteroatoms. The summed E-state index contributed by atoms with van der Waals surface area (Å²) in [5, 5.41) is 9.02. The number of piperidine rings is 2. The molecule has 2 heterocycles. The zero-order valence-electron chi connectivity index (χ0n) is 8.27. The first-order valence-electron chi connectivity index (χ1n) is 5.09. The van der Waals surface area contributed by atoms with E-state index in [2.05, 4.69) is 0 Å². The maximum atomic E-state index is 11.3. The minimum absolute atomic E-state index is 0.0191. The molecule has 14 heavy (non-hydrogen) atoms. The first-order valence-corrected chi connectivity index (χ1v) is 5.09. The van der Waals surface area contributed by atoms with Crippen molar-refractivity contribution in [3.05, 3.63) is 0 Å². The molecule has 2 bridgehead atoms. The zero-order chi connectivity index (χ0) is 10.3. The van der Waals surface area contributed by atoms with E-state index >= 15 is 0 Å². The van der Waals surface area contributed by atoms with Gasteiger partial charge >= 0.3 is 5.97 Å². The molecule has 0 unspecified atom stereocenters. The van der Waals surface area contributed by atoms with Crippen molar-refractivity contribution in [3.8, 4) is 0 Å². The molecular formula is C10H15NO3. The third kappa shape index (κ3) is 1.38. The van der Waals surface area contributed by atoms with Crippen molar-refractivity contribution < 1.29 is 14.7 Å². The molecule has 78 valence electrons. The van der Waals surface area contributed by atoms with E-state index in [9.17, 15) is 9.59 Å². The van der Waals surface area contributed by atoms with E-state index in [-0.39, 0.29) is 17.9 Å². The molecule has 1 N–H and O–H groups in total. The van der Waals surface area contributed by atoms with Crippen LogP contribution in [0.25, 0.3) is 0 Å². The number of carbonyl (C=O) groups is 2. The molecule has 0 aromatic rings. The van der Waals surface area contributed by atoms with Crippen LogP contribution in [0.2, 0.25) is 0 Å². The molecule has 0 aromatic heterocycles. The fourth-order valence-electron chi connectivity index (χ4n) is 2.82. The SMILES string of the molecule is CC(=O)N1C[C@H]2CC[C@@H]1[C@@H](C(=O)O)C2. The van der Waals surface area contributed by atoms with Crippen LogP contribution >= 0.6 is 0 Å². The lowest BCUT2D eigenvalue weighted by Gasteiger charge is -2.48. The first-order chi connectivity index (χ1) is 6.59. The van der Waals surface area contributed by atoms with Crippen LogP contribution < -0.4 is 0 Å². The van der Waals surface area contributed by atoms with Gasteiger partial charge in [-0.1, -0.05) is 0 Å². The van der Waals surface area contributed by atoms with E-state index in [1.54, 1.807) is 4.90 Å². The summed E-state index contributed by atoms with van der Waals surface area (Å²) in [7, 11) is 0. The Bertz CT molecular complexity index is 253. The zero-order valence-corrected chi connectivity index (χ0v) is 8.27. The fraction of sp³-hybridized carbons (Fsp3) is 0.800. The van der Waals surface area contributed by atoms with Crippen molar-refractivity contribution in [2.45, 2.75) is 32.2 Å². The van der Waals surface area contributed by atoms with E-state index in [4.69, 9.17) is 5.11 Å². The van der Waals surface area contributed by atoms with E-state index in [1.807, 2.05) is 0 Å². The largest absolute Gasteiger partial charge is 0.481 e. The molecular weight excluding hydrogens is 182 g/mol. The van der Waals surface area contributed by atoms with Crippen molar-refractivity contribution in [2.24, 2.45) is 11.8 Å². The predicted octanol–water partition coefficient (Wildman–Crippen LogP) is 0.718. The summed E-state index contributed by atoms with van der Waals surface area (Å²) in [6.07, 6.45) is 2.70. The van der Waals surface area contributed by atoms with E-state index in [0.29, 0.717) is 5.92 Å². The van der Waals surface area contributed by atoms with Crippen LogP contribution in [0.5, 0.6) is 0 Å². The van der Waals surface area contributed by atoms with Crippen LogP contribution in [0.3, 0.4) is 0 Å². The van der Waals surface area contributed by atoms with Gasteiger partial charge in [-0.2, -0.15) is 0 Å². The number of carboxylic acids is 1. The fourth-order valence-corrected chi connectivity index (χ4v) is 2.82. The molecule has 3 atom stereocenters. The molecule has 0 spiro atoms. The molecule has 3 aliphatic rings. The Kier molecular flexibility index (Phi) is 2.21. The van der Waals surface area contributed by atoms with Gasteiger partial charge in [0, 0.05) is 19.5 Å². The van der Waals surface area contributed by atoms with Gasteiger partial charge in [-0.25, -0.2) is 0 Å². The van der Waals surface area contributed by atoms with Crippen molar-refractivity contribution in [3.63, 3.8) is 0 Å². The number of hydrogen-bond donors (Lipinski definition) is 1. The maximum Gasteiger partial charge on any atom is 0.308 e. The molecule has 1 saturated carbocycles. The number of rotatable bonds is 1. The highest BCUT2D eigenvalue weighted by molar-refractivity contribution is 5.77. The van der Waals surface area contributed by atoms with Gasteiger partial charge in [0.2, 0.25) is 5.91 Å². The van der Waals surface area contributed by atoms with Gasteiger partial charge in [0.15, 0.2) is 0 Å². The highest BCUT2D eigenvalue weighted by Crippen LogP contribution is 2.39. The summed E-state index contributed by atoms with van der Waals surface area (Å²) >= 11 is 0. The van der Waals surface area contributed by atoms with Crippen LogP contribution in [0.1, 0.15) is 26.2 Å². The van der Waals surface area contributed by atoms with Crippen LogP contribution in [-0.4, -0.2) is 34.5 Å². The third-order valence-electron chi connectivity index (χ3n) is 3.50. The second-order valence-corrected chi connectivity index (χ2v) is 4.36. The normalized spacial score (nSPS) is 35.8. The molecule has 3 fully saturated rings. The third-order valence-corrected chi connectivity index (χ3v) is 3.50. The smallest absolute Gasteiger partial charge is 0.308 e. The number of carboxylic acid groups (broad SMARTS) is 1. The van der Waals surface area contributed by atoms with Crippen molar-refractivity contribution >= 4 is 11.9 Å². The Hall–Kier alpha value is -1.06. The van der Waals surface area contributed by atoms with Gasteiger partial charge in [-0.05, 0) is 25.2 Å². The van der Waals surface area contributed by atoms with Crippen LogP contribution in [-0.2, 0) is 9.59 Å². The molecule has 1 aliphatic carbocycles. The Labute approximate surface area is 82.9 Å². The molecule has 2 saturated heterocycles. The highest BCUT2D eigenvalue weighted by atomic mass is 16.4. The Morgan fingerprint density at radius 1 is 1.36 bits per heavy atom. The van der Waals surface area contributed by atoms with Gasteiger partial charge < -0.3 is 10.0 Å². The Morgan fingerprint density at radius 2 is 2.07 bits per heavy atom.